The summed E-state index contributed by atoms with van der Waals surface area (Å²) in [6.45, 7) is 7.20. The molecule has 1 nitrogen and oxygen atoms in total. The van der Waals surface area contributed by atoms with Gasteiger partial charge in [0.05, 0.1) is 0 Å². The van der Waals surface area contributed by atoms with Crippen LogP contribution in [0.2, 0.25) is 0 Å². The highest BCUT2D eigenvalue weighted by Crippen LogP contribution is 2.65. The van der Waals surface area contributed by atoms with Crippen LogP contribution in [-0.2, 0) is 4.79 Å². The summed E-state index contributed by atoms with van der Waals surface area (Å²) >= 11 is 0. The number of hydrogen-bond donors (Lipinski definition) is 0. The third kappa shape index (κ3) is 2.60. The van der Waals surface area contributed by atoms with Gasteiger partial charge in [-0.25, -0.2) is 0 Å². The van der Waals surface area contributed by atoms with Gasteiger partial charge in [-0.15, -0.1) is 0 Å². The van der Waals surface area contributed by atoms with Crippen molar-refractivity contribution in [1.29, 1.82) is 0 Å². The van der Waals surface area contributed by atoms with Gasteiger partial charge < -0.3 is 0 Å². The molecular formula is C24H36O. The van der Waals surface area contributed by atoms with Gasteiger partial charge in [0.25, 0.3) is 0 Å². The number of hydrogen-bond acceptors (Lipinski definition) is 1. The SMILES string of the molecule is CCC(CC)=C1CC[C@H]2[C@@H]3CCC4=CC(=O)CC[C@@H]4[C@H]3CC[C@]12CC. The zero-order chi connectivity index (χ0) is 17.6. The molecule has 0 bridgehead atoms. The largest absolute Gasteiger partial charge is 0.295 e. The van der Waals surface area contributed by atoms with Gasteiger partial charge in [-0.3, -0.25) is 4.79 Å². The molecule has 0 aromatic carbocycles. The number of rotatable bonds is 3. The molecule has 0 aliphatic heterocycles. The Morgan fingerprint density at radius 3 is 2.52 bits per heavy atom. The van der Waals surface area contributed by atoms with Crippen LogP contribution in [0.15, 0.2) is 22.8 Å². The molecule has 0 heterocycles. The van der Waals surface area contributed by atoms with E-state index in [1.165, 1.54) is 63.4 Å². The lowest BCUT2D eigenvalue weighted by Crippen LogP contribution is -2.46. The second kappa shape index (κ2) is 6.71. The standard InChI is InChI=1S/C24H36O/c1-4-16(5-2)22-11-12-23-21-9-7-17-15-18(25)8-10-19(17)20(21)13-14-24(22,23)6-3/h15,19-21,23H,4-14H2,1-3H3/t19-,20+,21+,23-,24+/m0/s1. The van der Waals surface area contributed by atoms with Crippen molar-refractivity contribution in [2.24, 2.45) is 29.1 Å². The Hall–Kier alpha value is -0.850. The van der Waals surface area contributed by atoms with Crippen LogP contribution in [-0.4, -0.2) is 5.78 Å². The Balaban J connectivity index is 1.67. The Labute approximate surface area is 154 Å². The zero-order valence-electron chi connectivity index (χ0n) is 16.6. The second-order valence-corrected chi connectivity index (χ2v) is 9.18. The molecule has 4 aliphatic rings. The van der Waals surface area contributed by atoms with E-state index >= 15 is 0 Å². The van der Waals surface area contributed by atoms with Gasteiger partial charge in [-0.05, 0) is 99.4 Å². The number of carbonyl (C=O) groups is 1. The average molecular weight is 341 g/mol. The summed E-state index contributed by atoms with van der Waals surface area (Å²) in [5.74, 6) is 3.88. The molecule has 3 fully saturated rings. The van der Waals surface area contributed by atoms with Crippen LogP contribution in [0.3, 0.4) is 0 Å². The molecule has 0 radical (unpaired) electrons. The zero-order valence-corrected chi connectivity index (χ0v) is 16.6. The third-order valence-corrected chi connectivity index (χ3v) is 8.73. The highest BCUT2D eigenvalue weighted by molar-refractivity contribution is 5.91. The van der Waals surface area contributed by atoms with E-state index in [-0.39, 0.29) is 0 Å². The lowest BCUT2D eigenvalue weighted by molar-refractivity contribution is -0.116. The first kappa shape index (κ1) is 17.6. The van der Waals surface area contributed by atoms with Crippen molar-refractivity contribution in [3.63, 3.8) is 0 Å². The van der Waals surface area contributed by atoms with E-state index in [1.807, 2.05) is 11.6 Å². The van der Waals surface area contributed by atoms with Crippen LogP contribution in [0, 0.1) is 29.1 Å². The van der Waals surface area contributed by atoms with Crippen molar-refractivity contribution in [2.45, 2.75) is 91.4 Å². The number of fused-ring (bicyclic) bond motifs is 5. The summed E-state index contributed by atoms with van der Waals surface area (Å²) in [7, 11) is 0. The molecular weight excluding hydrogens is 304 g/mol. The first-order valence-corrected chi connectivity index (χ1v) is 11.1. The summed E-state index contributed by atoms with van der Waals surface area (Å²) in [6.07, 6.45) is 16.1. The van der Waals surface area contributed by atoms with Crippen LogP contribution in [0.4, 0.5) is 0 Å². The summed E-state index contributed by atoms with van der Waals surface area (Å²) in [5, 5.41) is 0. The summed E-state index contributed by atoms with van der Waals surface area (Å²) < 4.78 is 0. The van der Waals surface area contributed by atoms with E-state index in [9.17, 15) is 4.79 Å². The van der Waals surface area contributed by atoms with Crippen LogP contribution in [0.5, 0.6) is 0 Å². The number of ketones is 1. The summed E-state index contributed by atoms with van der Waals surface area (Å²) in [6, 6.07) is 0. The smallest absolute Gasteiger partial charge is 0.155 e. The highest BCUT2D eigenvalue weighted by Gasteiger charge is 2.55. The van der Waals surface area contributed by atoms with E-state index < -0.39 is 0 Å². The minimum absolute atomic E-state index is 0.394. The monoisotopic (exact) mass is 340 g/mol. The number of carbonyl (C=O) groups excluding carboxylic acids is 1. The molecule has 25 heavy (non-hydrogen) atoms. The fraction of sp³-hybridized carbons (Fsp3) is 0.792. The van der Waals surface area contributed by atoms with Crippen LogP contribution >= 0.6 is 0 Å². The van der Waals surface area contributed by atoms with Crippen molar-refractivity contribution in [2.75, 3.05) is 0 Å². The molecule has 0 aromatic heterocycles. The second-order valence-electron chi connectivity index (χ2n) is 9.18. The maximum Gasteiger partial charge on any atom is 0.155 e. The molecule has 0 amide bonds. The first-order valence-electron chi connectivity index (χ1n) is 11.1. The predicted molar refractivity (Wildman–Crippen MR) is 104 cm³/mol. The molecule has 1 heteroatoms. The van der Waals surface area contributed by atoms with Gasteiger partial charge in [-0.2, -0.15) is 0 Å². The molecule has 3 saturated carbocycles. The van der Waals surface area contributed by atoms with E-state index in [0.29, 0.717) is 11.2 Å². The van der Waals surface area contributed by atoms with Gasteiger partial charge in [0, 0.05) is 6.42 Å². The molecule has 0 N–H and O–H groups in total. The quantitative estimate of drug-likeness (QED) is 0.527. The molecule has 4 rings (SSSR count). The maximum absolute atomic E-state index is 11.9. The van der Waals surface area contributed by atoms with Gasteiger partial charge in [0.15, 0.2) is 5.78 Å². The van der Waals surface area contributed by atoms with E-state index in [2.05, 4.69) is 20.8 Å². The lowest BCUT2D eigenvalue weighted by Gasteiger charge is -2.54. The van der Waals surface area contributed by atoms with Crippen molar-refractivity contribution in [3.05, 3.63) is 22.8 Å². The molecule has 0 saturated heterocycles. The van der Waals surface area contributed by atoms with Gasteiger partial charge >= 0.3 is 0 Å². The molecule has 4 aliphatic carbocycles. The fourth-order valence-corrected chi connectivity index (χ4v) is 7.67. The van der Waals surface area contributed by atoms with Crippen molar-refractivity contribution >= 4 is 5.78 Å². The summed E-state index contributed by atoms with van der Waals surface area (Å²) in [4.78, 5) is 11.9. The number of allylic oxidation sites excluding steroid dienone is 3. The Kier molecular flexibility index (Phi) is 4.71. The maximum atomic E-state index is 11.9. The van der Waals surface area contributed by atoms with Gasteiger partial charge in [0.1, 0.15) is 0 Å². The Bertz CT molecular complexity index is 604. The lowest BCUT2D eigenvalue weighted by atomic mass is 9.50. The molecule has 0 aromatic rings. The highest BCUT2D eigenvalue weighted by atomic mass is 16.1. The van der Waals surface area contributed by atoms with Crippen LogP contribution < -0.4 is 0 Å². The third-order valence-electron chi connectivity index (χ3n) is 8.73. The van der Waals surface area contributed by atoms with E-state index in [0.717, 1.165) is 36.5 Å². The van der Waals surface area contributed by atoms with Gasteiger partial charge in [-0.1, -0.05) is 37.5 Å². The normalized spacial score (nSPS) is 40.2. The fourth-order valence-electron chi connectivity index (χ4n) is 7.67. The van der Waals surface area contributed by atoms with E-state index in [1.54, 1.807) is 5.57 Å². The van der Waals surface area contributed by atoms with Crippen LogP contribution in [0.25, 0.3) is 0 Å². The molecule has 0 spiro atoms. The van der Waals surface area contributed by atoms with Crippen molar-refractivity contribution in [3.8, 4) is 0 Å². The molecule has 138 valence electrons. The topological polar surface area (TPSA) is 17.1 Å². The summed E-state index contributed by atoms with van der Waals surface area (Å²) in [5.41, 5.74) is 5.73. The average Bonchev–Trinajstić information content (AvgIpc) is 3.02. The minimum Gasteiger partial charge on any atom is -0.295 e. The van der Waals surface area contributed by atoms with Gasteiger partial charge in [0.2, 0.25) is 0 Å². The first-order chi connectivity index (χ1) is 12.1. The van der Waals surface area contributed by atoms with E-state index in [4.69, 9.17) is 0 Å². The van der Waals surface area contributed by atoms with Crippen LogP contribution in [0.1, 0.15) is 91.4 Å². The minimum atomic E-state index is 0.394. The molecule has 0 unspecified atom stereocenters. The van der Waals surface area contributed by atoms with Crippen molar-refractivity contribution in [1.82, 2.24) is 0 Å². The Morgan fingerprint density at radius 2 is 1.80 bits per heavy atom. The predicted octanol–water partition coefficient (Wildman–Crippen LogP) is 6.63. The van der Waals surface area contributed by atoms with Crippen molar-refractivity contribution < 1.29 is 4.79 Å². The Morgan fingerprint density at radius 1 is 1.00 bits per heavy atom. The molecule has 5 atom stereocenters.